The molecule has 1 aliphatic carbocycles. The number of carbonyl (C=O) groups excluding carboxylic acids is 2. The Kier molecular flexibility index (Phi) is 5.43. The number of halogens is 2. The molecule has 1 saturated carbocycles. The van der Waals surface area contributed by atoms with Crippen LogP contribution in [0.4, 0.5) is 8.78 Å². The number of likely N-dealkylation sites (tertiary alicyclic amines) is 1. The van der Waals surface area contributed by atoms with Crippen molar-refractivity contribution in [3.05, 3.63) is 35.3 Å². The molecule has 1 spiro atoms. The van der Waals surface area contributed by atoms with Gasteiger partial charge in [-0.05, 0) is 63.1 Å². The third-order valence-corrected chi connectivity index (χ3v) is 7.72. The van der Waals surface area contributed by atoms with Crippen molar-refractivity contribution in [2.75, 3.05) is 13.1 Å². The number of nitrogens with one attached hydrogen (secondary N) is 3. The molecule has 2 saturated heterocycles. The van der Waals surface area contributed by atoms with Crippen molar-refractivity contribution in [1.82, 2.24) is 20.5 Å². The Labute approximate surface area is 186 Å². The van der Waals surface area contributed by atoms with Crippen LogP contribution in [0, 0.1) is 12.7 Å². The Bertz CT molecular complexity index is 1010. The standard InChI is InChI=1S/C24H30F2N4O2/c1-14-2-4-17(25)16-13-19(28-22(14)16)23(32)27-15-3-5-18(26)20(12-15)30-10-8-24(9-11-30)7-6-21(31)29-24/h2,4,13,15,18,20,28H,3,5-12H2,1H3,(H,27,32)(H,29,31)/t15-,18-,20-/m1/s1. The summed E-state index contributed by atoms with van der Waals surface area (Å²) in [6, 6.07) is 4.28. The van der Waals surface area contributed by atoms with E-state index < -0.39 is 6.17 Å². The van der Waals surface area contributed by atoms with Crippen LogP contribution in [0.15, 0.2) is 18.2 Å². The molecule has 2 aliphatic heterocycles. The van der Waals surface area contributed by atoms with E-state index in [9.17, 15) is 18.4 Å². The third kappa shape index (κ3) is 3.89. The summed E-state index contributed by atoms with van der Waals surface area (Å²) in [5.41, 5.74) is 1.72. The second-order valence-corrected chi connectivity index (χ2v) is 9.77. The van der Waals surface area contributed by atoms with Crippen molar-refractivity contribution in [2.45, 2.75) is 75.7 Å². The molecular weight excluding hydrogens is 414 g/mol. The SMILES string of the molecule is Cc1ccc(F)c2cc(C(=O)N[C@@H]3CC[C@@H](F)[C@H](N4CCC5(CCC(=O)N5)CC4)C3)[nH]c12. The summed E-state index contributed by atoms with van der Waals surface area (Å²) in [6.45, 7) is 3.38. The van der Waals surface area contributed by atoms with Gasteiger partial charge in [-0.3, -0.25) is 14.5 Å². The van der Waals surface area contributed by atoms with E-state index in [0.29, 0.717) is 42.3 Å². The molecule has 8 heteroatoms. The number of carbonyl (C=O) groups is 2. The topological polar surface area (TPSA) is 77.2 Å². The normalized spacial score (nSPS) is 28.2. The van der Waals surface area contributed by atoms with Crippen LogP contribution in [0.2, 0.25) is 0 Å². The van der Waals surface area contributed by atoms with Crippen LogP contribution in [0.3, 0.4) is 0 Å². The number of aryl methyl sites for hydroxylation is 1. The summed E-state index contributed by atoms with van der Waals surface area (Å²) < 4.78 is 29.0. The van der Waals surface area contributed by atoms with Gasteiger partial charge in [0.15, 0.2) is 0 Å². The Hall–Kier alpha value is -2.48. The van der Waals surface area contributed by atoms with Crippen LogP contribution in [0.25, 0.3) is 10.9 Å². The number of H-pyrrole nitrogens is 1. The van der Waals surface area contributed by atoms with Gasteiger partial charge >= 0.3 is 0 Å². The van der Waals surface area contributed by atoms with Crippen LogP contribution in [-0.4, -0.2) is 58.6 Å². The Morgan fingerprint density at radius 2 is 2.00 bits per heavy atom. The Balaban J connectivity index is 1.23. The number of fused-ring (bicyclic) bond motifs is 1. The predicted octanol–water partition coefficient (Wildman–Crippen LogP) is 3.35. The van der Waals surface area contributed by atoms with Gasteiger partial charge in [0.25, 0.3) is 5.91 Å². The summed E-state index contributed by atoms with van der Waals surface area (Å²) >= 11 is 0. The smallest absolute Gasteiger partial charge is 0.267 e. The minimum atomic E-state index is -0.916. The van der Waals surface area contributed by atoms with E-state index in [-0.39, 0.29) is 35.3 Å². The second kappa shape index (κ2) is 8.14. The summed E-state index contributed by atoms with van der Waals surface area (Å²) in [4.78, 5) is 29.8. The number of aromatic nitrogens is 1. The van der Waals surface area contributed by atoms with Crippen molar-refractivity contribution in [2.24, 2.45) is 0 Å². The van der Waals surface area contributed by atoms with Crippen molar-refractivity contribution in [3.8, 4) is 0 Å². The van der Waals surface area contributed by atoms with Gasteiger partial charge in [-0.1, -0.05) is 6.07 Å². The fourth-order valence-corrected chi connectivity index (χ4v) is 5.76. The van der Waals surface area contributed by atoms with E-state index in [0.717, 1.165) is 37.9 Å². The second-order valence-electron chi connectivity index (χ2n) is 9.77. The average molecular weight is 445 g/mol. The molecule has 2 aromatic rings. The molecule has 0 bridgehead atoms. The number of piperidine rings is 1. The lowest BCUT2D eigenvalue weighted by atomic mass is 9.82. The average Bonchev–Trinajstić information content (AvgIpc) is 3.38. The molecule has 0 unspecified atom stereocenters. The summed E-state index contributed by atoms with van der Waals surface area (Å²) in [5, 5.41) is 6.57. The van der Waals surface area contributed by atoms with E-state index in [1.165, 1.54) is 6.07 Å². The predicted molar refractivity (Wildman–Crippen MR) is 118 cm³/mol. The number of hydrogen-bond donors (Lipinski definition) is 3. The van der Waals surface area contributed by atoms with Gasteiger partial charge in [-0.2, -0.15) is 0 Å². The molecule has 1 aromatic heterocycles. The molecule has 3 fully saturated rings. The molecule has 3 aliphatic rings. The Morgan fingerprint density at radius 1 is 1.22 bits per heavy atom. The quantitative estimate of drug-likeness (QED) is 0.680. The molecule has 5 rings (SSSR count). The first-order valence-corrected chi connectivity index (χ1v) is 11.6. The zero-order valence-electron chi connectivity index (χ0n) is 18.3. The van der Waals surface area contributed by atoms with Crippen molar-refractivity contribution in [1.29, 1.82) is 0 Å². The van der Waals surface area contributed by atoms with Gasteiger partial charge in [0.1, 0.15) is 17.7 Å². The van der Waals surface area contributed by atoms with Crippen molar-refractivity contribution < 1.29 is 18.4 Å². The lowest BCUT2D eigenvalue weighted by Gasteiger charge is -2.45. The maximum absolute atomic E-state index is 14.9. The highest BCUT2D eigenvalue weighted by Crippen LogP contribution is 2.35. The van der Waals surface area contributed by atoms with Crippen molar-refractivity contribution >= 4 is 22.7 Å². The molecule has 6 nitrogen and oxygen atoms in total. The zero-order valence-corrected chi connectivity index (χ0v) is 18.3. The van der Waals surface area contributed by atoms with E-state index >= 15 is 0 Å². The number of amides is 2. The van der Waals surface area contributed by atoms with Gasteiger partial charge in [-0.15, -0.1) is 0 Å². The number of benzene rings is 1. The highest BCUT2D eigenvalue weighted by atomic mass is 19.1. The van der Waals surface area contributed by atoms with Crippen LogP contribution in [0.1, 0.15) is 61.0 Å². The van der Waals surface area contributed by atoms with Gasteiger partial charge < -0.3 is 15.6 Å². The highest BCUT2D eigenvalue weighted by Gasteiger charge is 2.43. The summed E-state index contributed by atoms with van der Waals surface area (Å²) in [6.07, 6.45) is 3.78. The monoisotopic (exact) mass is 444 g/mol. The molecule has 3 heterocycles. The molecule has 32 heavy (non-hydrogen) atoms. The van der Waals surface area contributed by atoms with E-state index in [1.54, 1.807) is 12.1 Å². The first-order valence-electron chi connectivity index (χ1n) is 11.6. The van der Waals surface area contributed by atoms with Gasteiger partial charge in [0.05, 0.1) is 5.52 Å². The van der Waals surface area contributed by atoms with Gasteiger partial charge in [-0.25, -0.2) is 8.78 Å². The molecule has 172 valence electrons. The minimum Gasteiger partial charge on any atom is -0.351 e. The lowest BCUT2D eigenvalue weighted by molar-refractivity contribution is -0.120. The van der Waals surface area contributed by atoms with E-state index in [1.807, 2.05) is 6.92 Å². The fourth-order valence-electron chi connectivity index (χ4n) is 5.76. The Morgan fingerprint density at radius 3 is 2.69 bits per heavy atom. The first kappa shape index (κ1) is 21.4. The van der Waals surface area contributed by atoms with Crippen LogP contribution >= 0.6 is 0 Å². The number of aromatic amines is 1. The maximum atomic E-state index is 14.9. The molecule has 3 atom stereocenters. The molecule has 1 aromatic carbocycles. The highest BCUT2D eigenvalue weighted by molar-refractivity contribution is 5.99. The molecule has 3 N–H and O–H groups in total. The van der Waals surface area contributed by atoms with Gasteiger partial charge in [0, 0.05) is 42.5 Å². The molecule has 2 amide bonds. The fraction of sp³-hybridized carbons (Fsp3) is 0.583. The zero-order chi connectivity index (χ0) is 22.5. The first-order chi connectivity index (χ1) is 15.3. The minimum absolute atomic E-state index is 0.106. The largest absolute Gasteiger partial charge is 0.351 e. The number of hydrogen-bond acceptors (Lipinski definition) is 3. The molecule has 0 radical (unpaired) electrons. The number of nitrogens with zero attached hydrogens (tertiary/aromatic N) is 1. The van der Waals surface area contributed by atoms with E-state index in [2.05, 4.69) is 20.5 Å². The maximum Gasteiger partial charge on any atom is 0.267 e. The number of rotatable bonds is 3. The van der Waals surface area contributed by atoms with Crippen LogP contribution < -0.4 is 10.6 Å². The molecular formula is C24H30F2N4O2. The summed E-state index contributed by atoms with van der Waals surface area (Å²) in [7, 11) is 0. The van der Waals surface area contributed by atoms with Crippen LogP contribution in [0.5, 0.6) is 0 Å². The lowest BCUT2D eigenvalue weighted by Crippen LogP contribution is -2.57. The number of alkyl halides is 1. The van der Waals surface area contributed by atoms with Crippen LogP contribution in [-0.2, 0) is 4.79 Å². The van der Waals surface area contributed by atoms with E-state index in [4.69, 9.17) is 0 Å². The van der Waals surface area contributed by atoms with Crippen molar-refractivity contribution in [3.63, 3.8) is 0 Å². The van der Waals surface area contributed by atoms with Gasteiger partial charge in [0.2, 0.25) is 5.91 Å². The third-order valence-electron chi connectivity index (χ3n) is 7.72. The summed E-state index contributed by atoms with van der Waals surface area (Å²) in [5.74, 6) is -0.526.